The number of carbonyl (C=O) groups is 1. The summed E-state index contributed by atoms with van der Waals surface area (Å²) in [5.74, 6) is -0.417. The van der Waals surface area contributed by atoms with Crippen molar-refractivity contribution in [1.82, 2.24) is 10.2 Å². The predicted octanol–water partition coefficient (Wildman–Crippen LogP) is 2.12. The Morgan fingerprint density at radius 2 is 1.90 bits per heavy atom. The van der Waals surface area contributed by atoms with Crippen molar-refractivity contribution in [3.63, 3.8) is 0 Å². The lowest BCUT2D eigenvalue weighted by Crippen LogP contribution is -2.21. The van der Waals surface area contributed by atoms with Crippen LogP contribution in [0, 0.1) is 0 Å². The van der Waals surface area contributed by atoms with Gasteiger partial charge in [-0.25, -0.2) is 0 Å². The van der Waals surface area contributed by atoms with Crippen LogP contribution in [0.1, 0.15) is 5.56 Å². The fourth-order valence-corrected chi connectivity index (χ4v) is 2.13. The molecule has 2 rings (SSSR count). The number of halogens is 3. The molecule has 1 amide bonds. The molecule has 1 aromatic heterocycles. The number of nitrogens with one attached hydrogen (secondary N) is 1. The van der Waals surface area contributed by atoms with E-state index in [4.69, 9.17) is 5.73 Å². The molecule has 0 saturated heterocycles. The molecule has 106 valence electrons. The number of nitrogens with zero attached hydrogens (tertiary/aromatic N) is 2. The van der Waals surface area contributed by atoms with Crippen molar-refractivity contribution in [1.29, 1.82) is 0 Å². The van der Waals surface area contributed by atoms with Crippen molar-refractivity contribution in [3.8, 4) is 10.6 Å². The van der Waals surface area contributed by atoms with Crippen molar-refractivity contribution in [2.24, 2.45) is 5.73 Å². The maximum atomic E-state index is 12.4. The van der Waals surface area contributed by atoms with Gasteiger partial charge >= 0.3 is 6.18 Å². The Kier molecular flexibility index (Phi) is 4.00. The Morgan fingerprint density at radius 1 is 1.25 bits per heavy atom. The summed E-state index contributed by atoms with van der Waals surface area (Å²) >= 11 is 1.05. The minimum atomic E-state index is -4.38. The van der Waals surface area contributed by atoms with Crippen molar-refractivity contribution in [2.45, 2.75) is 6.18 Å². The molecule has 1 heterocycles. The molecule has 5 nitrogen and oxygen atoms in total. The Morgan fingerprint density at radius 3 is 2.45 bits per heavy atom. The summed E-state index contributed by atoms with van der Waals surface area (Å²) in [7, 11) is 0. The van der Waals surface area contributed by atoms with Crippen LogP contribution in [0.15, 0.2) is 24.3 Å². The highest BCUT2D eigenvalue weighted by Gasteiger charge is 2.30. The van der Waals surface area contributed by atoms with E-state index >= 15 is 0 Å². The molecule has 9 heteroatoms. The van der Waals surface area contributed by atoms with Gasteiger partial charge in [-0.15, -0.1) is 10.2 Å². The van der Waals surface area contributed by atoms with Crippen LogP contribution in [0.5, 0.6) is 0 Å². The summed E-state index contributed by atoms with van der Waals surface area (Å²) in [6, 6.07) is 4.54. The Bertz CT molecular complexity index is 609. The van der Waals surface area contributed by atoms with Crippen molar-refractivity contribution < 1.29 is 18.0 Å². The number of alkyl halides is 3. The monoisotopic (exact) mass is 302 g/mol. The molecule has 0 saturated carbocycles. The van der Waals surface area contributed by atoms with Gasteiger partial charge in [-0.3, -0.25) is 10.1 Å². The van der Waals surface area contributed by atoms with E-state index in [0.29, 0.717) is 10.6 Å². The Hall–Kier alpha value is -2.00. The molecular weight excluding hydrogens is 293 g/mol. The van der Waals surface area contributed by atoms with Gasteiger partial charge in [0.2, 0.25) is 11.0 Å². The molecule has 0 atom stereocenters. The molecule has 2 aromatic rings. The van der Waals surface area contributed by atoms with Gasteiger partial charge in [0, 0.05) is 5.56 Å². The van der Waals surface area contributed by atoms with Crippen molar-refractivity contribution in [3.05, 3.63) is 29.8 Å². The SMILES string of the molecule is NCC(=O)Nc1nnc(-c2ccc(C(F)(F)F)cc2)s1. The summed E-state index contributed by atoms with van der Waals surface area (Å²) in [6.07, 6.45) is -4.38. The molecule has 0 unspecified atom stereocenters. The molecule has 0 aliphatic rings. The van der Waals surface area contributed by atoms with Crippen LogP contribution < -0.4 is 11.1 Å². The fourth-order valence-electron chi connectivity index (χ4n) is 1.36. The van der Waals surface area contributed by atoms with Crippen LogP contribution in [-0.4, -0.2) is 22.6 Å². The van der Waals surface area contributed by atoms with Crippen LogP contribution in [0.4, 0.5) is 18.3 Å². The number of benzene rings is 1. The largest absolute Gasteiger partial charge is 0.416 e. The minimum absolute atomic E-state index is 0.185. The van der Waals surface area contributed by atoms with Crippen LogP contribution in [0.3, 0.4) is 0 Å². The zero-order valence-electron chi connectivity index (χ0n) is 9.94. The number of rotatable bonds is 3. The summed E-state index contributed by atoms with van der Waals surface area (Å²) < 4.78 is 37.3. The fraction of sp³-hybridized carbons (Fsp3) is 0.182. The second kappa shape index (κ2) is 5.55. The maximum absolute atomic E-state index is 12.4. The zero-order valence-corrected chi connectivity index (χ0v) is 10.8. The molecular formula is C11H9F3N4OS. The molecule has 0 fully saturated rings. The Balaban J connectivity index is 2.18. The van der Waals surface area contributed by atoms with Gasteiger partial charge in [0.05, 0.1) is 12.1 Å². The lowest BCUT2D eigenvalue weighted by atomic mass is 10.1. The van der Waals surface area contributed by atoms with E-state index in [9.17, 15) is 18.0 Å². The molecule has 0 spiro atoms. The number of anilines is 1. The lowest BCUT2D eigenvalue weighted by Gasteiger charge is -2.06. The van der Waals surface area contributed by atoms with Gasteiger partial charge in [-0.2, -0.15) is 13.2 Å². The summed E-state index contributed by atoms with van der Waals surface area (Å²) in [5.41, 5.74) is 4.89. The first-order chi connectivity index (χ1) is 9.40. The molecule has 1 aromatic carbocycles. The van der Waals surface area contributed by atoms with Crippen LogP contribution >= 0.6 is 11.3 Å². The minimum Gasteiger partial charge on any atom is -0.322 e. The molecule has 3 N–H and O–H groups in total. The van der Waals surface area contributed by atoms with Crippen LogP contribution in [-0.2, 0) is 11.0 Å². The highest BCUT2D eigenvalue weighted by atomic mass is 32.1. The normalized spacial score (nSPS) is 11.4. The summed E-state index contributed by atoms with van der Waals surface area (Å²) in [6.45, 7) is -0.185. The Labute approximate surface area is 115 Å². The first-order valence-electron chi connectivity index (χ1n) is 5.41. The molecule has 0 bridgehead atoms. The van der Waals surface area contributed by atoms with E-state index in [1.54, 1.807) is 0 Å². The van der Waals surface area contributed by atoms with E-state index < -0.39 is 17.6 Å². The number of aromatic nitrogens is 2. The maximum Gasteiger partial charge on any atom is 0.416 e. The average Bonchev–Trinajstić information content (AvgIpc) is 2.86. The van der Waals surface area contributed by atoms with Gasteiger partial charge in [-0.05, 0) is 12.1 Å². The van der Waals surface area contributed by atoms with Crippen molar-refractivity contribution >= 4 is 22.4 Å². The molecule has 20 heavy (non-hydrogen) atoms. The predicted molar refractivity (Wildman–Crippen MR) is 68.0 cm³/mol. The third-order valence-electron chi connectivity index (χ3n) is 2.32. The average molecular weight is 302 g/mol. The van der Waals surface area contributed by atoms with Crippen molar-refractivity contribution in [2.75, 3.05) is 11.9 Å². The standard InChI is InChI=1S/C11H9F3N4OS/c12-11(13,14)7-3-1-6(2-4-7)9-17-18-10(20-9)16-8(19)5-15/h1-4H,5,15H2,(H,16,18,19). The second-order valence-electron chi connectivity index (χ2n) is 3.74. The zero-order chi connectivity index (χ0) is 14.8. The summed E-state index contributed by atoms with van der Waals surface area (Å²) in [4.78, 5) is 11.1. The third-order valence-corrected chi connectivity index (χ3v) is 3.20. The highest BCUT2D eigenvalue weighted by molar-refractivity contribution is 7.18. The van der Waals surface area contributed by atoms with E-state index in [2.05, 4.69) is 15.5 Å². The number of hydrogen-bond acceptors (Lipinski definition) is 5. The number of nitrogens with two attached hydrogens (primary N) is 1. The quantitative estimate of drug-likeness (QED) is 0.910. The smallest absolute Gasteiger partial charge is 0.322 e. The highest BCUT2D eigenvalue weighted by Crippen LogP contribution is 2.32. The molecule has 0 aliphatic heterocycles. The third kappa shape index (κ3) is 3.31. The van der Waals surface area contributed by atoms with Crippen LogP contribution in [0.2, 0.25) is 0 Å². The number of carbonyl (C=O) groups excluding carboxylic acids is 1. The van der Waals surface area contributed by atoms with Crippen LogP contribution in [0.25, 0.3) is 10.6 Å². The number of amides is 1. The van der Waals surface area contributed by atoms with Gasteiger partial charge < -0.3 is 5.73 Å². The number of hydrogen-bond donors (Lipinski definition) is 2. The van der Waals surface area contributed by atoms with E-state index in [1.165, 1.54) is 12.1 Å². The molecule has 0 aliphatic carbocycles. The topological polar surface area (TPSA) is 80.9 Å². The first kappa shape index (κ1) is 14.4. The van der Waals surface area contributed by atoms with E-state index in [1.807, 2.05) is 0 Å². The second-order valence-corrected chi connectivity index (χ2v) is 4.72. The van der Waals surface area contributed by atoms with Gasteiger partial charge in [-0.1, -0.05) is 23.5 Å². The van der Waals surface area contributed by atoms with E-state index in [-0.39, 0.29) is 11.7 Å². The summed E-state index contributed by atoms with van der Waals surface area (Å²) in [5, 5.41) is 10.6. The molecule has 0 radical (unpaired) electrons. The lowest BCUT2D eigenvalue weighted by molar-refractivity contribution is -0.137. The van der Waals surface area contributed by atoms with Gasteiger partial charge in [0.15, 0.2) is 0 Å². The first-order valence-corrected chi connectivity index (χ1v) is 6.23. The van der Waals surface area contributed by atoms with Gasteiger partial charge in [0.25, 0.3) is 0 Å². The van der Waals surface area contributed by atoms with Gasteiger partial charge in [0.1, 0.15) is 5.01 Å². The van der Waals surface area contributed by atoms with E-state index in [0.717, 1.165) is 23.5 Å².